The van der Waals surface area contributed by atoms with E-state index in [1.165, 1.54) is 6.42 Å². The molecular formula is C9H20IN3. The van der Waals surface area contributed by atoms with Gasteiger partial charge in [0.2, 0.25) is 0 Å². The summed E-state index contributed by atoms with van der Waals surface area (Å²) in [5.74, 6) is 2.77. The molecule has 0 spiro atoms. The van der Waals surface area contributed by atoms with Gasteiger partial charge >= 0.3 is 0 Å². The Labute approximate surface area is 98.0 Å². The van der Waals surface area contributed by atoms with Crippen molar-refractivity contribution in [3.05, 3.63) is 0 Å². The molecule has 4 heteroatoms. The minimum atomic E-state index is 0. The molecular weight excluding hydrogens is 277 g/mol. The Morgan fingerprint density at radius 2 is 2.08 bits per heavy atom. The van der Waals surface area contributed by atoms with Gasteiger partial charge in [-0.1, -0.05) is 6.92 Å². The van der Waals surface area contributed by atoms with Crippen LogP contribution in [-0.4, -0.2) is 38.5 Å². The maximum absolute atomic E-state index is 4.14. The average molecular weight is 297 g/mol. The fourth-order valence-electron chi connectivity index (χ4n) is 1.34. The van der Waals surface area contributed by atoms with E-state index in [0.29, 0.717) is 0 Å². The Balaban J connectivity index is 0.00000144. The molecule has 2 atom stereocenters. The minimum Gasteiger partial charge on any atom is -0.356 e. The lowest BCUT2D eigenvalue weighted by atomic mass is 10.3. The van der Waals surface area contributed by atoms with Crippen LogP contribution >= 0.6 is 24.0 Å². The quantitative estimate of drug-likeness (QED) is 0.474. The lowest BCUT2D eigenvalue weighted by molar-refractivity contribution is 0.570. The first-order valence-electron chi connectivity index (χ1n) is 4.53. The van der Waals surface area contributed by atoms with E-state index in [2.05, 4.69) is 17.2 Å². The van der Waals surface area contributed by atoms with Crippen LogP contribution in [0.4, 0.5) is 0 Å². The van der Waals surface area contributed by atoms with Crippen molar-refractivity contribution in [3.63, 3.8) is 0 Å². The molecule has 3 nitrogen and oxygen atoms in total. The second-order valence-electron chi connectivity index (χ2n) is 3.80. The van der Waals surface area contributed by atoms with E-state index in [1.54, 1.807) is 0 Å². The summed E-state index contributed by atoms with van der Waals surface area (Å²) in [6.45, 7) is 3.37. The van der Waals surface area contributed by atoms with E-state index in [4.69, 9.17) is 0 Å². The fraction of sp³-hybridized carbons (Fsp3) is 0.889. The molecule has 0 heterocycles. The summed E-state index contributed by atoms with van der Waals surface area (Å²) >= 11 is 0. The standard InChI is InChI=1S/C9H19N3.HI/c1-7-5-8(7)6-11-9(10-2)12(3)4;/h7-8H,5-6H2,1-4H3,(H,10,11);1H. The van der Waals surface area contributed by atoms with Crippen molar-refractivity contribution >= 4 is 29.9 Å². The van der Waals surface area contributed by atoms with Crippen LogP contribution < -0.4 is 5.32 Å². The number of rotatable bonds is 2. The van der Waals surface area contributed by atoms with Crippen LogP contribution in [0.1, 0.15) is 13.3 Å². The molecule has 1 saturated carbocycles. The lowest BCUT2D eigenvalue weighted by Crippen LogP contribution is -2.37. The Hall–Kier alpha value is 0. The normalized spacial score (nSPS) is 26.3. The van der Waals surface area contributed by atoms with E-state index in [0.717, 1.165) is 24.3 Å². The molecule has 1 N–H and O–H groups in total. The third-order valence-corrected chi connectivity index (χ3v) is 2.43. The van der Waals surface area contributed by atoms with Crippen molar-refractivity contribution < 1.29 is 0 Å². The van der Waals surface area contributed by atoms with Gasteiger partial charge in [0.25, 0.3) is 0 Å². The predicted octanol–water partition coefficient (Wildman–Crippen LogP) is 1.40. The van der Waals surface area contributed by atoms with Gasteiger partial charge in [0.1, 0.15) is 0 Å². The Bertz CT molecular complexity index is 180. The number of guanidine groups is 1. The third kappa shape index (κ3) is 4.15. The molecule has 1 aliphatic rings. The summed E-state index contributed by atoms with van der Waals surface area (Å²) in [5.41, 5.74) is 0. The zero-order chi connectivity index (χ0) is 9.14. The summed E-state index contributed by atoms with van der Waals surface area (Å²) in [6.07, 6.45) is 1.37. The monoisotopic (exact) mass is 297 g/mol. The highest BCUT2D eigenvalue weighted by molar-refractivity contribution is 14.0. The van der Waals surface area contributed by atoms with Crippen LogP contribution in [0.2, 0.25) is 0 Å². The maximum atomic E-state index is 4.14. The van der Waals surface area contributed by atoms with E-state index < -0.39 is 0 Å². The number of hydrogen-bond acceptors (Lipinski definition) is 1. The van der Waals surface area contributed by atoms with Gasteiger partial charge in [-0.15, -0.1) is 24.0 Å². The fourth-order valence-corrected chi connectivity index (χ4v) is 1.34. The summed E-state index contributed by atoms with van der Waals surface area (Å²) in [4.78, 5) is 6.15. The number of halogens is 1. The number of aliphatic imine (C=N–C) groups is 1. The van der Waals surface area contributed by atoms with Crippen molar-refractivity contribution in [1.29, 1.82) is 0 Å². The first-order valence-corrected chi connectivity index (χ1v) is 4.53. The second-order valence-corrected chi connectivity index (χ2v) is 3.80. The molecule has 0 bridgehead atoms. The van der Waals surface area contributed by atoms with Crippen molar-refractivity contribution in [2.45, 2.75) is 13.3 Å². The molecule has 0 aliphatic heterocycles. The van der Waals surface area contributed by atoms with Gasteiger partial charge in [-0.05, 0) is 18.3 Å². The summed E-state index contributed by atoms with van der Waals surface area (Å²) in [5, 5.41) is 3.34. The summed E-state index contributed by atoms with van der Waals surface area (Å²) < 4.78 is 0. The van der Waals surface area contributed by atoms with E-state index in [9.17, 15) is 0 Å². The molecule has 1 fully saturated rings. The molecule has 0 aromatic heterocycles. The maximum Gasteiger partial charge on any atom is 0.193 e. The van der Waals surface area contributed by atoms with Crippen LogP contribution in [0.25, 0.3) is 0 Å². The predicted molar refractivity (Wildman–Crippen MR) is 67.7 cm³/mol. The van der Waals surface area contributed by atoms with Gasteiger partial charge in [0.05, 0.1) is 0 Å². The molecule has 13 heavy (non-hydrogen) atoms. The zero-order valence-corrected chi connectivity index (χ0v) is 11.2. The van der Waals surface area contributed by atoms with E-state index >= 15 is 0 Å². The third-order valence-electron chi connectivity index (χ3n) is 2.43. The first-order chi connectivity index (χ1) is 5.65. The van der Waals surface area contributed by atoms with Gasteiger partial charge in [0.15, 0.2) is 5.96 Å². The molecule has 0 saturated heterocycles. The Kier molecular flexibility index (Phi) is 5.67. The lowest BCUT2D eigenvalue weighted by Gasteiger charge is -2.16. The summed E-state index contributed by atoms with van der Waals surface area (Å²) in [7, 11) is 5.83. The van der Waals surface area contributed by atoms with Crippen LogP contribution in [0.5, 0.6) is 0 Å². The van der Waals surface area contributed by atoms with Gasteiger partial charge in [-0.3, -0.25) is 4.99 Å². The molecule has 2 unspecified atom stereocenters. The molecule has 0 amide bonds. The van der Waals surface area contributed by atoms with Gasteiger partial charge in [0, 0.05) is 27.7 Å². The Morgan fingerprint density at radius 3 is 2.38 bits per heavy atom. The van der Waals surface area contributed by atoms with Gasteiger partial charge in [-0.2, -0.15) is 0 Å². The highest BCUT2D eigenvalue weighted by Gasteiger charge is 2.32. The smallest absolute Gasteiger partial charge is 0.193 e. The van der Waals surface area contributed by atoms with Crippen molar-refractivity contribution in [1.82, 2.24) is 10.2 Å². The molecule has 0 aromatic carbocycles. The number of nitrogens with one attached hydrogen (secondary N) is 1. The van der Waals surface area contributed by atoms with Crippen LogP contribution in [0, 0.1) is 11.8 Å². The molecule has 1 rings (SSSR count). The minimum absolute atomic E-state index is 0. The van der Waals surface area contributed by atoms with E-state index in [-0.39, 0.29) is 24.0 Å². The molecule has 0 radical (unpaired) electrons. The number of hydrogen-bond donors (Lipinski definition) is 1. The first kappa shape index (κ1) is 13.0. The highest BCUT2D eigenvalue weighted by atomic mass is 127. The zero-order valence-electron chi connectivity index (χ0n) is 8.87. The van der Waals surface area contributed by atoms with Crippen molar-refractivity contribution in [2.75, 3.05) is 27.7 Å². The van der Waals surface area contributed by atoms with Crippen LogP contribution in [0.15, 0.2) is 4.99 Å². The van der Waals surface area contributed by atoms with E-state index in [1.807, 2.05) is 26.0 Å². The second kappa shape index (κ2) is 5.67. The summed E-state index contributed by atoms with van der Waals surface area (Å²) in [6, 6.07) is 0. The SMILES string of the molecule is CN=C(NCC1CC1C)N(C)C.I. The molecule has 0 aromatic rings. The highest BCUT2D eigenvalue weighted by Crippen LogP contribution is 2.36. The molecule has 78 valence electrons. The van der Waals surface area contributed by atoms with Crippen molar-refractivity contribution in [2.24, 2.45) is 16.8 Å². The van der Waals surface area contributed by atoms with Crippen LogP contribution in [-0.2, 0) is 0 Å². The Morgan fingerprint density at radius 1 is 1.54 bits per heavy atom. The average Bonchev–Trinajstić information content (AvgIpc) is 2.67. The van der Waals surface area contributed by atoms with Crippen molar-refractivity contribution in [3.8, 4) is 0 Å². The van der Waals surface area contributed by atoms with Crippen LogP contribution in [0.3, 0.4) is 0 Å². The van der Waals surface area contributed by atoms with Gasteiger partial charge < -0.3 is 10.2 Å². The largest absolute Gasteiger partial charge is 0.356 e. The number of nitrogens with zero attached hydrogens (tertiary/aromatic N) is 2. The van der Waals surface area contributed by atoms with Gasteiger partial charge in [-0.25, -0.2) is 0 Å². The molecule has 1 aliphatic carbocycles. The topological polar surface area (TPSA) is 27.6 Å².